The molecule has 1 unspecified atom stereocenters. The number of benzene rings is 2. The molecule has 1 aliphatic rings. The van der Waals surface area contributed by atoms with E-state index in [1.165, 1.54) is 6.92 Å². The summed E-state index contributed by atoms with van der Waals surface area (Å²) in [4.78, 5) is 40.6. The number of anilines is 2. The monoisotopic (exact) mass is 453 g/mol. The number of piperazine rings is 1. The molecule has 9 heteroatoms. The van der Waals surface area contributed by atoms with Crippen LogP contribution in [0.2, 0.25) is 0 Å². The van der Waals surface area contributed by atoms with E-state index >= 15 is 0 Å². The molecule has 0 aromatic heterocycles. The molecule has 0 bridgehead atoms. The van der Waals surface area contributed by atoms with Gasteiger partial charge in [0.2, 0.25) is 5.91 Å². The number of carbonyl (C=O) groups is 3. The number of nitrogens with one attached hydrogen (secondary N) is 3. The first-order chi connectivity index (χ1) is 15.9. The summed E-state index contributed by atoms with van der Waals surface area (Å²) in [7, 11) is 3.72. The Kier molecular flexibility index (Phi) is 8.39. The van der Waals surface area contributed by atoms with Crippen LogP contribution < -0.4 is 20.7 Å². The summed E-state index contributed by atoms with van der Waals surface area (Å²) in [6.45, 7) is 5.35. The number of carbonyl (C=O) groups excluding carboxylic acids is 3. The largest absolute Gasteiger partial charge is 0.497 e. The van der Waals surface area contributed by atoms with Crippen molar-refractivity contribution in [1.82, 2.24) is 15.1 Å². The Morgan fingerprint density at radius 3 is 2.00 bits per heavy atom. The van der Waals surface area contributed by atoms with E-state index in [4.69, 9.17) is 4.74 Å². The van der Waals surface area contributed by atoms with E-state index in [2.05, 4.69) is 32.8 Å². The van der Waals surface area contributed by atoms with E-state index in [0.717, 1.165) is 37.5 Å². The quantitative estimate of drug-likeness (QED) is 0.552. The molecule has 0 radical (unpaired) electrons. The Morgan fingerprint density at radius 2 is 1.45 bits per heavy atom. The molecule has 1 aliphatic heterocycles. The number of likely N-dealkylation sites (N-methyl/N-ethyl adjacent to an activating group) is 1. The lowest BCUT2D eigenvalue weighted by Gasteiger charge is -2.38. The molecule has 0 saturated carbocycles. The maximum atomic E-state index is 12.5. The summed E-state index contributed by atoms with van der Waals surface area (Å²) < 4.78 is 5.26. The van der Waals surface area contributed by atoms with Crippen LogP contribution in [-0.2, 0) is 14.4 Å². The Balaban J connectivity index is 1.61. The van der Waals surface area contributed by atoms with Gasteiger partial charge in [0.15, 0.2) is 0 Å². The van der Waals surface area contributed by atoms with Crippen LogP contribution in [0.5, 0.6) is 5.75 Å². The van der Waals surface area contributed by atoms with Crippen LogP contribution in [0.15, 0.2) is 48.5 Å². The lowest BCUT2D eigenvalue weighted by Crippen LogP contribution is -2.49. The maximum Gasteiger partial charge on any atom is 0.313 e. The molecule has 0 aliphatic carbocycles. The van der Waals surface area contributed by atoms with Crippen LogP contribution >= 0.6 is 0 Å². The zero-order chi connectivity index (χ0) is 23.8. The molecule has 3 N–H and O–H groups in total. The van der Waals surface area contributed by atoms with Crippen molar-refractivity contribution in [3.63, 3.8) is 0 Å². The fraction of sp³-hybridized carbons (Fsp3) is 0.375. The molecular formula is C24H31N5O4. The Morgan fingerprint density at radius 1 is 0.879 bits per heavy atom. The van der Waals surface area contributed by atoms with E-state index < -0.39 is 11.8 Å². The summed E-state index contributed by atoms with van der Waals surface area (Å²) >= 11 is 0. The second-order valence-electron chi connectivity index (χ2n) is 8.05. The average Bonchev–Trinajstić information content (AvgIpc) is 2.81. The molecule has 176 valence electrons. The number of nitrogens with zero attached hydrogens (tertiary/aromatic N) is 2. The van der Waals surface area contributed by atoms with Gasteiger partial charge in [0, 0.05) is 51.0 Å². The van der Waals surface area contributed by atoms with E-state index in [9.17, 15) is 14.4 Å². The number of hydrogen-bond acceptors (Lipinski definition) is 6. The number of hydrogen-bond donors (Lipinski definition) is 3. The fourth-order valence-corrected chi connectivity index (χ4v) is 3.72. The smallest absolute Gasteiger partial charge is 0.313 e. The van der Waals surface area contributed by atoms with Gasteiger partial charge in [-0.25, -0.2) is 0 Å². The van der Waals surface area contributed by atoms with E-state index in [1.807, 2.05) is 24.3 Å². The van der Waals surface area contributed by atoms with E-state index in [0.29, 0.717) is 17.9 Å². The lowest BCUT2D eigenvalue weighted by atomic mass is 10.0. The maximum absolute atomic E-state index is 12.5. The third-order valence-electron chi connectivity index (χ3n) is 5.60. The topological polar surface area (TPSA) is 103 Å². The van der Waals surface area contributed by atoms with Crippen molar-refractivity contribution in [2.24, 2.45) is 0 Å². The summed E-state index contributed by atoms with van der Waals surface area (Å²) in [6.07, 6.45) is 0. The van der Waals surface area contributed by atoms with Crippen LogP contribution in [-0.4, -0.2) is 74.4 Å². The molecule has 3 rings (SSSR count). The fourth-order valence-electron chi connectivity index (χ4n) is 3.72. The van der Waals surface area contributed by atoms with Crippen molar-refractivity contribution in [1.29, 1.82) is 0 Å². The number of methoxy groups -OCH3 is 1. The molecule has 2 aromatic carbocycles. The Hall–Kier alpha value is -3.43. The number of amides is 3. The third-order valence-corrected chi connectivity index (χ3v) is 5.60. The van der Waals surface area contributed by atoms with Crippen molar-refractivity contribution in [3.05, 3.63) is 54.1 Å². The average molecular weight is 454 g/mol. The van der Waals surface area contributed by atoms with Gasteiger partial charge in [0.05, 0.1) is 13.2 Å². The zero-order valence-electron chi connectivity index (χ0n) is 19.3. The third kappa shape index (κ3) is 7.03. The number of ether oxygens (including phenoxy) is 1. The second kappa shape index (κ2) is 11.4. The molecule has 3 amide bonds. The highest BCUT2D eigenvalue weighted by Gasteiger charge is 2.25. The van der Waals surface area contributed by atoms with Crippen molar-refractivity contribution in [2.45, 2.75) is 13.0 Å². The van der Waals surface area contributed by atoms with Gasteiger partial charge in [-0.2, -0.15) is 0 Å². The molecule has 9 nitrogen and oxygen atoms in total. The van der Waals surface area contributed by atoms with E-state index in [1.54, 1.807) is 31.4 Å². The van der Waals surface area contributed by atoms with Crippen molar-refractivity contribution in [3.8, 4) is 5.75 Å². The van der Waals surface area contributed by atoms with Crippen LogP contribution in [0.4, 0.5) is 11.4 Å². The Labute approximate surface area is 194 Å². The van der Waals surface area contributed by atoms with Gasteiger partial charge >= 0.3 is 11.8 Å². The molecule has 0 spiro atoms. The van der Waals surface area contributed by atoms with Gasteiger partial charge < -0.3 is 25.6 Å². The highest BCUT2D eigenvalue weighted by Crippen LogP contribution is 2.24. The van der Waals surface area contributed by atoms with Gasteiger partial charge in [-0.1, -0.05) is 12.1 Å². The SMILES string of the molecule is COc1ccc(C(CNC(=O)C(=O)Nc2ccc(NC(C)=O)cc2)N2CCN(C)CC2)cc1. The molecule has 1 fully saturated rings. The first-order valence-electron chi connectivity index (χ1n) is 10.9. The van der Waals surface area contributed by atoms with Crippen molar-refractivity contribution in [2.75, 3.05) is 57.5 Å². The molecule has 1 saturated heterocycles. The van der Waals surface area contributed by atoms with Crippen molar-refractivity contribution < 1.29 is 19.1 Å². The van der Waals surface area contributed by atoms with Gasteiger partial charge in [0.25, 0.3) is 0 Å². The van der Waals surface area contributed by atoms with E-state index in [-0.39, 0.29) is 11.9 Å². The summed E-state index contributed by atoms with van der Waals surface area (Å²) in [5.74, 6) is -0.857. The predicted octanol–water partition coefficient (Wildman–Crippen LogP) is 1.70. The molecule has 1 heterocycles. The van der Waals surface area contributed by atoms with Gasteiger partial charge in [-0.05, 0) is 49.0 Å². The van der Waals surface area contributed by atoms with Crippen LogP contribution in [0.1, 0.15) is 18.5 Å². The molecular weight excluding hydrogens is 422 g/mol. The van der Waals surface area contributed by atoms with Crippen LogP contribution in [0, 0.1) is 0 Å². The van der Waals surface area contributed by atoms with Crippen molar-refractivity contribution >= 4 is 29.1 Å². The highest BCUT2D eigenvalue weighted by atomic mass is 16.5. The summed E-state index contributed by atoms with van der Waals surface area (Å²) in [6, 6.07) is 14.3. The standard InChI is InChI=1S/C24H31N5O4/c1-17(30)26-19-6-8-20(9-7-19)27-24(32)23(31)25-16-22(29-14-12-28(2)13-15-29)18-4-10-21(33-3)11-5-18/h4-11,22H,12-16H2,1-3H3,(H,25,31)(H,26,30)(H,27,32). The normalized spacial score (nSPS) is 15.4. The summed E-state index contributed by atoms with van der Waals surface area (Å²) in [5, 5.41) is 8.02. The highest BCUT2D eigenvalue weighted by molar-refractivity contribution is 6.39. The lowest BCUT2D eigenvalue weighted by molar-refractivity contribution is -0.136. The minimum atomic E-state index is -0.742. The minimum absolute atomic E-state index is 0.0571. The predicted molar refractivity (Wildman–Crippen MR) is 127 cm³/mol. The second-order valence-corrected chi connectivity index (χ2v) is 8.05. The zero-order valence-corrected chi connectivity index (χ0v) is 19.3. The Bertz CT molecular complexity index is 954. The first-order valence-corrected chi connectivity index (χ1v) is 10.9. The van der Waals surface area contributed by atoms with Gasteiger partial charge in [-0.3, -0.25) is 19.3 Å². The van der Waals surface area contributed by atoms with Gasteiger partial charge in [-0.15, -0.1) is 0 Å². The number of rotatable bonds is 7. The molecule has 2 aromatic rings. The summed E-state index contributed by atoms with van der Waals surface area (Å²) in [5.41, 5.74) is 2.13. The van der Waals surface area contributed by atoms with Gasteiger partial charge in [0.1, 0.15) is 5.75 Å². The van der Waals surface area contributed by atoms with Crippen LogP contribution in [0.3, 0.4) is 0 Å². The first kappa shape index (κ1) is 24.2. The molecule has 33 heavy (non-hydrogen) atoms. The molecule has 1 atom stereocenters. The minimum Gasteiger partial charge on any atom is -0.497 e. The van der Waals surface area contributed by atoms with Crippen LogP contribution in [0.25, 0.3) is 0 Å².